The summed E-state index contributed by atoms with van der Waals surface area (Å²) < 4.78 is 7.29. The van der Waals surface area contributed by atoms with Crippen molar-refractivity contribution >= 4 is 34.2 Å². The summed E-state index contributed by atoms with van der Waals surface area (Å²) in [6.07, 6.45) is 1.59. The molecule has 84 valence electrons. The topological polar surface area (TPSA) is 56.5 Å². The number of fused-ring (bicyclic) bond motifs is 1. The molecule has 0 bridgehead atoms. The number of esters is 1. The number of carbonyl (C=O) groups is 1. The summed E-state index contributed by atoms with van der Waals surface area (Å²) in [7, 11) is 0. The predicted molar refractivity (Wildman–Crippen MR) is 66.7 cm³/mol. The van der Waals surface area contributed by atoms with Crippen LogP contribution in [0, 0.1) is 0 Å². The number of ether oxygens (including phenoxy) is 1. The lowest BCUT2D eigenvalue weighted by Gasteiger charge is -1.95. The molecule has 0 aliphatic carbocycles. The fraction of sp³-hybridized carbons (Fsp3) is 0.300. The number of rotatable bonds is 3. The Morgan fingerprint density at radius 3 is 3.06 bits per heavy atom. The first-order valence-corrected chi connectivity index (χ1v) is 6.35. The van der Waals surface area contributed by atoms with E-state index in [1.54, 1.807) is 17.6 Å². The molecule has 0 unspecified atom stereocenters. The number of imidazole rings is 1. The van der Waals surface area contributed by atoms with Gasteiger partial charge in [-0.15, -0.1) is 0 Å². The zero-order chi connectivity index (χ0) is 11.5. The van der Waals surface area contributed by atoms with Gasteiger partial charge in [-0.1, -0.05) is 22.6 Å². The second kappa shape index (κ2) is 4.77. The molecule has 0 saturated heterocycles. The van der Waals surface area contributed by atoms with Gasteiger partial charge < -0.3 is 4.74 Å². The molecule has 2 rings (SSSR count). The standard InChI is InChI=1S/C10H10IN3O2/c1-2-16-10(15)8-6-14-9(12-8)4-3-7(5-11)13-14/h3-4,6H,2,5H2,1H3. The largest absolute Gasteiger partial charge is 0.461 e. The van der Waals surface area contributed by atoms with Crippen LogP contribution in [0.15, 0.2) is 18.3 Å². The normalized spacial score (nSPS) is 10.6. The highest BCUT2D eigenvalue weighted by molar-refractivity contribution is 14.1. The van der Waals surface area contributed by atoms with E-state index in [0.29, 0.717) is 17.9 Å². The Kier molecular flexibility index (Phi) is 3.37. The van der Waals surface area contributed by atoms with Crippen LogP contribution in [0.4, 0.5) is 0 Å². The maximum absolute atomic E-state index is 11.4. The second-order valence-corrected chi connectivity index (χ2v) is 3.87. The number of aromatic nitrogens is 3. The van der Waals surface area contributed by atoms with E-state index in [2.05, 4.69) is 32.7 Å². The Hall–Kier alpha value is -1.18. The van der Waals surface area contributed by atoms with E-state index >= 15 is 0 Å². The van der Waals surface area contributed by atoms with Crippen LogP contribution in [0.3, 0.4) is 0 Å². The minimum atomic E-state index is -0.413. The van der Waals surface area contributed by atoms with Crippen LogP contribution in [0.25, 0.3) is 5.65 Å². The summed E-state index contributed by atoms with van der Waals surface area (Å²) in [6.45, 7) is 2.11. The highest BCUT2D eigenvalue weighted by Crippen LogP contribution is 2.08. The average molecular weight is 331 g/mol. The van der Waals surface area contributed by atoms with Gasteiger partial charge in [0.2, 0.25) is 0 Å². The van der Waals surface area contributed by atoms with Crippen LogP contribution >= 0.6 is 22.6 Å². The maximum Gasteiger partial charge on any atom is 0.358 e. The zero-order valence-corrected chi connectivity index (χ0v) is 10.8. The molecule has 0 fully saturated rings. The van der Waals surface area contributed by atoms with Gasteiger partial charge in [0.1, 0.15) is 0 Å². The van der Waals surface area contributed by atoms with E-state index in [-0.39, 0.29) is 0 Å². The molecule has 0 atom stereocenters. The van der Waals surface area contributed by atoms with Gasteiger partial charge in [0.25, 0.3) is 0 Å². The number of carbonyl (C=O) groups excluding carboxylic acids is 1. The van der Waals surface area contributed by atoms with Crippen LogP contribution in [-0.2, 0) is 9.16 Å². The van der Waals surface area contributed by atoms with Gasteiger partial charge in [0.05, 0.1) is 18.5 Å². The molecule has 6 heteroatoms. The molecule has 0 aliphatic heterocycles. The molecule has 0 amide bonds. The predicted octanol–water partition coefficient (Wildman–Crippen LogP) is 1.84. The van der Waals surface area contributed by atoms with Crippen molar-refractivity contribution in [2.75, 3.05) is 6.61 Å². The summed E-state index contributed by atoms with van der Waals surface area (Å²) in [6, 6.07) is 3.73. The molecule has 0 radical (unpaired) electrons. The van der Waals surface area contributed by atoms with Crippen molar-refractivity contribution in [2.24, 2.45) is 0 Å². The molecule has 5 nitrogen and oxygen atoms in total. The molecule has 0 aromatic carbocycles. The Bertz CT molecular complexity index is 524. The summed E-state index contributed by atoms with van der Waals surface area (Å²) in [5, 5.41) is 4.30. The minimum Gasteiger partial charge on any atom is -0.461 e. The minimum absolute atomic E-state index is 0.292. The second-order valence-electron chi connectivity index (χ2n) is 3.11. The number of halogens is 1. The van der Waals surface area contributed by atoms with E-state index in [1.165, 1.54) is 0 Å². The lowest BCUT2D eigenvalue weighted by atomic mass is 10.4. The first-order chi connectivity index (χ1) is 7.74. The third-order valence-corrected chi connectivity index (χ3v) is 2.78. The summed E-state index contributed by atoms with van der Waals surface area (Å²) >= 11 is 2.23. The number of hydrogen-bond acceptors (Lipinski definition) is 4. The zero-order valence-electron chi connectivity index (χ0n) is 8.68. The first-order valence-electron chi connectivity index (χ1n) is 4.83. The van der Waals surface area contributed by atoms with Gasteiger partial charge in [-0.05, 0) is 19.1 Å². The van der Waals surface area contributed by atoms with Crippen molar-refractivity contribution in [3.63, 3.8) is 0 Å². The van der Waals surface area contributed by atoms with Gasteiger partial charge in [-0.25, -0.2) is 14.3 Å². The number of hydrogen-bond donors (Lipinski definition) is 0. The van der Waals surface area contributed by atoms with Crippen LogP contribution < -0.4 is 0 Å². The molecule has 16 heavy (non-hydrogen) atoms. The van der Waals surface area contributed by atoms with E-state index in [0.717, 1.165) is 10.1 Å². The fourth-order valence-corrected chi connectivity index (χ4v) is 1.70. The van der Waals surface area contributed by atoms with Crippen LogP contribution in [-0.4, -0.2) is 27.2 Å². The van der Waals surface area contributed by atoms with Gasteiger partial charge in [0, 0.05) is 4.43 Å². The SMILES string of the molecule is CCOC(=O)c1cn2nc(CI)ccc2n1. The van der Waals surface area contributed by atoms with E-state index in [4.69, 9.17) is 4.74 Å². The van der Waals surface area contributed by atoms with Crippen molar-refractivity contribution < 1.29 is 9.53 Å². The monoisotopic (exact) mass is 331 g/mol. The van der Waals surface area contributed by atoms with E-state index in [1.807, 2.05) is 12.1 Å². The third kappa shape index (κ3) is 2.16. The quantitative estimate of drug-likeness (QED) is 0.489. The molecule has 0 aliphatic rings. The van der Waals surface area contributed by atoms with E-state index < -0.39 is 5.97 Å². The lowest BCUT2D eigenvalue weighted by molar-refractivity contribution is 0.0520. The molecule has 0 saturated carbocycles. The number of nitrogens with zero attached hydrogens (tertiary/aromatic N) is 3. The molecule has 2 aromatic heterocycles. The van der Waals surface area contributed by atoms with Gasteiger partial charge in [0.15, 0.2) is 11.3 Å². The number of alkyl halides is 1. The van der Waals surface area contributed by atoms with Gasteiger partial charge >= 0.3 is 5.97 Å². The van der Waals surface area contributed by atoms with Crippen molar-refractivity contribution in [2.45, 2.75) is 11.4 Å². The average Bonchev–Trinajstić information content (AvgIpc) is 2.71. The van der Waals surface area contributed by atoms with Gasteiger partial charge in [-0.3, -0.25) is 0 Å². The molecule has 0 spiro atoms. The van der Waals surface area contributed by atoms with Crippen LogP contribution in [0.2, 0.25) is 0 Å². The Balaban J connectivity index is 2.39. The first kappa shape index (κ1) is 11.3. The molecular formula is C10H10IN3O2. The van der Waals surface area contributed by atoms with Gasteiger partial charge in [-0.2, -0.15) is 5.10 Å². The van der Waals surface area contributed by atoms with E-state index in [9.17, 15) is 4.79 Å². The van der Waals surface area contributed by atoms with Crippen LogP contribution in [0.1, 0.15) is 23.1 Å². The smallest absolute Gasteiger partial charge is 0.358 e. The fourth-order valence-electron chi connectivity index (χ4n) is 1.30. The molecule has 2 aromatic rings. The van der Waals surface area contributed by atoms with Crippen molar-refractivity contribution in [1.82, 2.24) is 14.6 Å². The maximum atomic E-state index is 11.4. The Morgan fingerprint density at radius 1 is 1.56 bits per heavy atom. The van der Waals surface area contributed by atoms with Crippen LogP contribution in [0.5, 0.6) is 0 Å². The van der Waals surface area contributed by atoms with Crippen molar-refractivity contribution in [3.05, 3.63) is 29.7 Å². The Labute approximate surface area is 106 Å². The van der Waals surface area contributed by atoms with Crippen molar-refractivity contribution in [3.8, 4) is 0 Å². The summed E-state index contributed by atoms with van der Waals surface area (Å²) in [5.41, 5.74) is 1.89. The molecule has 0 N–H and O–H groups in total. The molecule has 2 heterocycles. The summed E-state index contributed by atoms with van der Waals surface area (Å²) in [4.78, 5) is 15.6. The summed E-state index contributed by atoms with van der Waals surface area (Å²) in [5.74, 6) is -0.413. The molecular weight excluding hydrogens is 321 g/mol. The lowest BCUT2D eigenvalue weighted by Crippen LogP contribution is -2.04. The Morgan fingerprint density at radius 2 is 2.38 bits per heavy atom. The van der Waals surface area contributed by atoms with Crippen molar-refractivity contribution in [1.29, 1.82) is 0 Å². The highest BCUT2D eigenvalue weighted by Gasteiger charge is 2.11. The third-order valence-electron chi connectivity index (χ3n) is 2.00. The highest BCUT2D eigenvalue weighted by atomic mass is 127.